The maximum Gasteiger partial charge on any atom is 0.246 e. The summed E-state index contributed by atoms with van der Waals surface area (Å²) in [6.07, 6.45) is 0. The summed E-state index contributed by atoms with van der Waals surface area (Å²) >= 11 is 0. The van der Waals surface area contributed by atoms with E-state index in [4.69, 9.17) is 9.26 Å². The van der Waals surface area contributed by atoms with Crippen molar-refractivity contribution < 1.29 is 17.7 Å². The third kappa shape index (κ3) is 3.25. The second-order valence-corrected chi connectivity index (χ2v) is 6.42. The number of hydrogen-bond acceptors (Lipinski definition) is 5. The predicted molar refractivity (Wildman–Crippen MR) is 77.7 cm³/mol. The van der Waals surface area contributed by atoms with Crippen LogP contribution < -0.4 is 9.46 Å². The number of aryl methyl sites for hydroxylation is 2. The lowest BCUT2D eigenvalue weighted by Gasteiger charge is -2.15. The molecule has 7 heteroatoms. The Bertz CT molecular complexity index is 718. The van der Waals surface area contributed by atoms with Gasteiger partial charge in [-0.2, -0.15) is 0 Å². The Hall–Kier alpha value is -1.86. The van der Waals surface area contributed by atoms with Gasteiger partial charge in [0.15, 0.2) is 5.76 Å². The van der Waals surface area contributed by atoms with Gasteiger partial charge in [0.2, 0.25) is 10.0 Å². The van der Waals surface area contributed by atoms with Crippen LogP contribution in [0.1, 0.15) is 30.0 Å². The average molecular weight is 310 g/mol. The Kier molecular flexibility index (Phi) is 4.34. The minimum Gasteiger partial charge on any atom is -0.497 e. The van der Waals surface area contributed by atoms with Crippen LogP contribution in [0.15, 0.2) is 33.7 Å². The van der Waals surface area contributed by atoms with Crippen LogP contribution in [0.4, 0.5) is 0 Å². The van der Waals surface area contributed by atoms with Gasteiger partial charge in [-0.1, -0.05) is 17.3 Å². The molecule has 1 heterocycles. The molecule has 0 aliphatic rings. The maximum atomic E-state index is 12.4. The molecule has 0 spiro atoms. The number of methoxy groups -OCH3 is 1. The quantitative estimate of drug-likeness (QED) is 0.916. The van der Waals surface area contributed by atoms with E-state index < -0.39 is 16.1 Å². The molecule has 1 aromatic carbocycles. The number of aromatic nitrogens is 1. The first-order valence-corrected chi connectivity index (χ1v) is 7.92. The number of hydrogen-bond donors (Lipinski definition) is 1. The summed E-state index contributed by atoms with van der Waals surface area (Å²) in [5.41, 5.74) is 1.16. The van der Waals surface area contributed by atoms with E-state index >= 15 is 0 Å². The second-order valence-electron chi connectivity index (χ2n) is 4.77. The van der Waals surface area contributed by atoms with E-state index in [1.54, 1.807) is 40.0 Å². The van der Waals surface area contributed by atoms with Gasteiger partial charge in [0.1, 0.15) is 16.3 Å². The lowest BCUT2D eigenvalue weighted by atomic mass is 10.1. The summed E-state index contributed by atoms with van der Waals surface area (Å²) < 4.78 is 37.5. The second kappa shape index (κ2) is 5.87. The molecule has 0 saturated carbocycles. The van der Waals surface area contributed by atoms with E-state index in [1.807, 2.05) is 12.1 Å². The van der Waals surface area contributed by atoms with E-state index in [2.05, 4.69) is 9.88 Å². The zero-order valence-corrected chi connectivity index (χ0v) is 13.2. The largest absolute Gasteiger partial charge is 0.497 e. The highest BCUT2D eigenvalue weighted by atomic mass is 32.2. The summed E-state index contributed by atoms with van der Waals surface area (Å²) in [5.74, 6) is 0.953. The lowest BCUT2D eigenvalue weighted by molar-refractivity contribution is 0.390. The molecule has 1 aromatic heterocycles. The molecule has 0 unspecified atom stereocenters. The number of rotatable bonds is 5. The predicted octanol–water partition coefficient (Wildman–Crippen LogP) is 2.34. The Balaban J connectivity index is 2.28. The summed E-state index contributed by atoms with van der Waals surface area (Å²) in [5, 5.41) is 3.68. The highest BCUT2D eigenvalue weighted by Crippen LogP contribution is 2.23. The molecule has 0 saturated heterocycles. The van der Waals surface area contributed by atoms with Crippen LogP contribution in [0.3, 0.4) is 0 Å². The van der Waals surface area contributed by atoms with Crippen LogP contribution in [0.25, 0.3) is 0 Å². The van der Waals surface area contributed by atoms with Crippen molar-refractivity contribution >= 4 is 10.0 Å². The fraction of sp³-hybridized carbons (Fsp3) is 0.357. The van der Waals surface area contributed by atoms with Gasteiger partial charge in [-0.3, -0.25) is 0 Å². The maximum absolute atomic E-state index is 12.4. The molecule has 2 rings (SSSR count). The number of nitrogens with zero attached hydrogens (tertiary/aromatic N) is 1. The molecule has 6 nitrogen and oxygen atoms in total. The minimum absolute atomic E-state index is 0.0947. The number of ether oxygens (including phenoxy) is 1. The van der Waals surface area contributed by atoms with Gasteiger partial charge in [0.25, 0.3) is 0 Å². The Morgan fingerprint density at radius 2 is 2.05 bits per heavy atom. The van der Waals surface area contributed by atoms with Crippen molar-refractivity contribution in [2.45, 2.75) is 31.7 Å². The van der Waals surface area contributed by atoms with Gasteiger partial charge in [-0.05, 0) is 38.5 Å². The standard InChI is InChI=1S/C14H18N2O4S/c1-9(12-6-5-7-13(8-12)19-4)16-21(17,18)14-10(2)15-20-11(14)3/h5-9,16H,1-4H3/t9-/m1/s1. The van der Waals surface area contributed by atoms with Crippen LogP contribution in [0, 0.1) is 13.8 Å². The van der Waals surface area contributed by atoms with Gasteiger partial charge in [-0.25, -0.2) is 13.1 Å². The van der Waals surface area contributed by atoms with Crippen LogP contribution >= 0.6 is 0 Å². The molecule has 2 aromatic rings. The number of sulfonamides is 1. The number of nitrogens with one attached hydrogen (secondary N) is 1. The first-order valence-electron chi connectivity index (χ1n) is 6.44. The summed E-state index contributed by atoms with van der Waals surface area (Å²) in [6.45, 7) is 4.94. The molecular formula is C14H18N2O4S. The molecule has 0 radical (unpaired) electrons. The first-order chi connectivity index (χ1) is 9.85. The zero-order valence-electron chi connectivity index (χ0n) is 12.4. The van der Waals surface area contributed by atoms with Crippen molar-refractivity contribution in [3.05, 3.63) is 41.3 Å². The zero-order chi connectivity index (χ0) is 15.6. The third-order valence-electron chi connectivity index (χ3n) is 3.16. The highest BCUT2D eigenvalue weighted by molar-refractivity contribution is 7.89. The van der Waals surface area contributed by atoms with Crippen molar-refractivity contribution in [3.8, 4) is 5.75 Å². The topological polar surface area (TPSA) is 81.4 Å². The molecule has 1 N–H and O–H groups in total. The van der Waals surface area contributed by atoms with Gasteiger partial charge in [-0.15, -0.1) is 0 Å². The molecule has 0 fully saturated rings. The van der Waals surface area contributed by atoms with E-state index in [0.717, 1.165) is 5.56 Å². The normalized spacial score (nSPS) is 13.1. The van der Waals surface area contributed by atoms with Crippen LogP contribution in [0.5, 0.6) is 5.75 Å². The lowest BCUT2D eigenvalue weighted by Crippen LogP contribution is -2.27. The number of benzene rings is 1. The van der Waals surface area contributed by atoms with Crippen molar-refractivity contribution in [1.29, 1.82) is 0 Å². The summed E-state index contributed by atoms with van der Waals surface area (Å²) in [7, 11) is -2.13. The van der Waals surface area contributed by atoms with Crippen molar-refractivity contribution in [2.24, 2.45) is 0 Å². The average Bonchev–Trinajstić information content (AvgIpc) is 2.78. The van der Waals surface area contributed by atoms with Crippen LogP contribution in [-0.2, 0) is 10.0 Å². The van der Waals surface area contributed by atoms with Crippen molar-refractivity contribution in [3.63, 3.8) is 0 Å². The molecule has 114 valence electrons. The van der Waals surface area contributed by atoms with E-state index in [1.165, 1.54) is 0 Å². The van der Waals surface area contributed by atoms with E-state index in [0.29, 0.717) is 11.4 Å². The fourth-order valence-electron chi connectivity index (χ4n) is 2.13. The van der Waals surface area contributed by atoms with E-state index in [-0.39, 0.29) is 10.7 Å². The summed E-state index contributed by atoms with van der Waals surface area (Å²) in [4.78, 5) is 0.0947. The Morgan fingerprint density at radius 1 is 1.33 bits per heavy atom. The third-order valence-corrected chi connectivity index (χ3v) is 4.95. The fourth-order valence-corrected chi connectivity index (χ4v) is 3.69. The molecule has 0 aliphatic heterocycles. The SMILES string of the molecule is COc1cccc([C@@H](C)NS(=O)(=O)c2c(C)noc2C)c1. The van der Waals surface area contributed by atoms with Gasteiger partial charge < -0.3 is 9.26 Å². The molecular weight excluding hydrogens is 292 g/mol. The Labute approximate surface area is 124 Å². The monoisotopic (exact) mass is 310 g/mol. The van der Waals surface area contributed by atoms with Gasteiger partial charge in [0.05, 0.1) is 7.11 Å². The molecule has 1 atom stereocenters. The summed E-state index contributed by atoms with van der Waals surface area (Å²) in [6, 6.07) is 6.84. The Morgan fingerprint density at radius 3 is 2.62 bits per heavy atom. The van der Waals surface area contributed by atoms with Crippen LogP contribution in [0.2, 0.25) is 0 Å². The smallest absolute Gasteiger partial charge is 0.246 e. The minimum atomic E-state index is -3.69. The van der Waals surface area contributed by atoms with Crippen LogP contribution in [-0.4, -0.2) is 20.7 Å². The molecule has 21 heavy (non-hydrogen) atoms. The molecule has 0 amide bonds. The van der Waals surface area contributed by atoms with Crippen molar-refractivity contribution in [2.75, 3.05) is 7.11 Å². The molecule has 0 aliphatic carbocycles. The van der Waals surface area contributed by atoms with Gasteiger partial charge in [0, 0.05) is 6.04 Å². The highest BCUT2D eigenvalue weighted by Gasteiger charge is 2.26. The molecule has 0 bridgehead atoms. The van der Waals surface area contributed by atoms with E-state index in [9.17, 15) is 8.42 Å². The van der Waals surface area contributed by atoms with Gasteiger partial charge >= 0.3 is 0 Å². The van der Waals surface area contributed by atoms with Crippen molar-refractivity contribution in [1.82, 2.24) is 9.88 Å². The first kappa shape index (κ1) is 15.5.